The van der Waals surface area contributed by atoms with Crippen molar-refractivity contribution in [1.82, 2.24) is 34.4 Å². The number of imidazole rings is 1. The SMILES string of the molecule is O=C1CCC(n2c(=O)n(C3CC3)c3cc(C4CCN(Cc5cc6n(n5)CCNC6)CC4)ccc32)C(=O)N1. The molecule has 1 atom stereocenters. The van der Waals surface area contributed by atoms with E-state index in [2.05, 4.69) is 38.4 Å². The minimum Gasteiger partial charge on any atom is -0.309 e. The van der Waals surface area contributed by atoms with Gasteiger partial charge in [-0.3, -0.25) is 33.6 Å². The van der Waals surface area contributed by atoms with Crippen molar-refractivity contribution in [3.63, 3.8) is 0 Å². The summed E-state index contributed by atoms with van der Waals surface area (Å²) in [4.78, 5) is 40.3. The topological polar surface area (TPSA) is 106 Å². The summed E-state index contributed by atoms with van der Waals surface area (Å²) in [5.41, 5.74) is 5.29. The summed E-state index contributed by atoms with van der Waals surface area (Å²) in [6.07, 6.45) is 4.75. The number of hydrogen-bond acceptors (Lipinski definition) is 6. The van der Waals surface area contributed by atoms with Gasteiger partial charge in [0.25, 0.3) is 0 Å². The van der Waals surface area contributed by atoms with Gasteiger partial charge in [0.15, 0.2) is 0 Å². The molecule has 4 aliphatic rings. The van der Waals surface area contributed by atoms with Gasteiger partial charge in [-0.2, -0.15) is 5.10 Å². The molecule has 1 aromatic carbocycles. The van der Waals surface area contributed by atoms with Gasteiger partial charge >= 0.3 is 5.69 Å². The number of benzene rings is 1. The largest absolute Gasteiger partial charge is 0.330 e. The summed E-state index contributed by atoms with van der Waals surface area (Å²) in [7, 11) is 0. The standard InChI is InChI=1S/C27H33N7O3/c35-25-6-5-23(26(36)29-25)34-22-4-1-18(13-24(22)33(27(34)37)20-2-3-20)17-7-10-31(11-8-17)16-19-14-21-15-28-9-12-32(21)30-19/h1,4,13-14,17,20,23,28H,2-3,5-12,15-16H2,(H,29,35,36). The van der Waals surface area contributed by atoms with Gasteiger partial charge in [-0.05, 0) is 74.9 Å². The smallest absolute Gasteiger partial charge is 0.309 e. The van der Waals surface area contributed by atoms with Crippen LogP contribution in [-0.2, 0) is 29.2 Å². The zero-order valence-electron chi connectivity index (χ0n) is 21.0. The third kappa shape index (κ3) is 4.12. The van der Waals surface area contributed by atoms with E-state index >= 15 is 0 Å². The highest BCUT2D eigenvalue weighted by atomic mass is 16.2. The van der Waals surface area contributed by atoms with Gasteiger partial charge in [-0.25, -0.2) is 4.79 Å². The molecule has 2 N–H and O–H groups in total. The number of carbonyl (C=O) groups is 2. The molecule has 1 saturated carbocycles. The fourth-order valence-corrected chi connectivity index (χ4v) is 6.41. The van der Waals surface area contributed by atoms with Crippen molar-refractivity contribution in [2.24, 2.45) is 0 Å². The third-order valence-corrected chi connectivity index (χ3v) is 8.53. The minimum atomic E-state index is -0.633. The van der Waals surface area contributed by atoms with E-state index in [0.29, 0.717) is 12.3 Å². The lowest BCUT2D eigenvalue weighted by Gasteiger charge is -2.31. The molecule has 1 unspecified atom stereocenters. The molecule has 7 rings (SSSR count). The highest BCUT2D eigenvalue weighted by molar-refractivity contribution is 6.00. The fourth-order valence-electron chi connectivity index (χ4n) is 6.41. The molecule has 3 aromatic rings. The second kappa shape index (κ2) is 8.95. The van der Waals surface area contributed by atoms with Crippen LogP contribution >= 0.6 is 0 Å². The van der Waals surface area contributed by atoms with Crippen molar-refractivity contribution in [2.45, 2.75) is 76.2 Å². The Balaban J connectivity index is 1.11. The number of carbonyl (C=O) groups excluding carboxylic acids is 2. The second-order valence-electron chi connectivity index (χ2n) is 11.0. The molecule has 37 heavy (non-hydrogen) atoms. The quantitative estimate of drug-likeness (QED) is 0.515. The summed E-state index contributed by atoms with van der Waals surface area (Å²) in [5.74, 6) is -0.195. The van der Waals surface area contributed by atoms with Gasteiger partial charge < -0.3 is 5.32 Å². The van der Waals surface area contributed by atoms with Crippen molar-refractivity contribution < 1.29 is 9.59 Å². The number of likely N-dealkylation sites (tertiary alicyclic amines) is 1. The van der Waals surface area contributed by atoms with Gasteiger partial charge in [0.1, 0.15) is 6.04 Å². The number of imide groups is 1. The van der Waals surface area contributed by atoms with Gasteiger partial charge in [0.05, 0.1) is 29.0 Å². The number of nitrogens with zero attached hydrogens (tertiary/aromatic N) is 5. The molecule has 2 amide bonds. The Bertz CT molecular complexity index is 1410. The maximum atomic E-state index is 13.5. The second-order valence-corrected chi connectivity index (χ2v) is 11.0. The Morgan fingerprint density at radius 1 is 0.919 bits per heavy atom. The number of rotatable bonds is 5. The van der Waals surface area contributed by atoms with Crippen molar-refractivity contribution in [2.75, 3.05) is 19.6 Å². The summed E-state index contributed by atoms with van der Waals surface area (Å²) in [5, 5.41) is 10.6. The van der Waals surface area contributed by atoms with Crippen LogP contribution in [0.3, 0.4) is 0 Å². The van der Waals surface area contributed by atoms with E-state index < -0.39 is 6.04 Å². The van der Waals surface area contributed by atoms with Crippen molar-refractivity contribution in [3.8, 4) is 0 Å². The molecule has 1 aliphatic carbocycles. The Morgan fingerprint density at radius 2 is 1.76 bits per heavy atom. The van der Waals surface area contributed by atoms with Gasteiger partial charge in [-0.1, -0.05) is 6.07 Å². The maximum Gasteiger partial charge on any atom is 0.330 e. The molecule has 3 aliphatic heterocycles. The zero-order chi connectivity index (χ0) is 25.1. The molecule has 0 spiro atoms. The lowest BCUT2D eigenvalue weighted by atomic mass is 9.89. The van der Waals surface area contributed by atoms with Crippen LogP contribution in [-0.4, -0.2) is 55.3 Å². The van der Waals surface area contributed by atoms with Gasteiger partial charge in [-0.15, -0.1) is 0 Å². The van der Waals surface area contributed by atoms with Crippen LogP contribution in [0, 0.1) is 0 Å². The molecule has 2 aromatic heterocycles. The molecular weight excluding hydrogens is 470 g/mol. The molecular formula is C27H33N7O3. The Hall–Kier alpha value is -3.24. The predicted octanol–water partition coefficient (Wildman–Crippen LogP) is 1.79. The lowest BCUT2D eigenvalue weighted by molar-refractivity contribution is -0.135. The van der Waals surface area contributed by atoms with E-state index in [9.17, 15) is 14.4 Å². The predicted molar refractivity (Wildman–Crippen MR) is 137 cm³/mol. The van der Waals surface area contributed by atoms with E-state index in [1.165, 1.54) is 11.3 Å². The van der Waals surface area contributed by atoms with Crippen LogP contribution in [0.25, 0.3) is 11.0 Å². The lowest BCUT2D eigenvalue weighted by Crippen LogP contribution is -2.44. The summed E-state index contributed by atoms with van der Waals surface area (Å²) in [6.45, 7) is 5.76. The average molecular weight is 504 g/mol. The molecule has 194 valence electrons. The fraction of sp³-hybridized carbons (Fsp3) is 0.556. The minimum absolute atomic E-state index is 0.128. The summed E-state index contributed by atoms with van der Waals surface area (Å²) < 4.78 is 5.66. The highest BCUT2D eigenvalue weighted by Gasteiger charge is 2.35. The third-order valence-electron chi connectivity index (χ3n) is 8.53. The van der Waals surface area contributed by atoms with E-state index in [4.69, 9.17) is 5.10 Å². The number of aromatic nitrogens is 4. The Labute approximate surface area is 214 Å². The van der Waals surface area contributed by atoms with E-state index in [1.54, 1.807) is 4.57 Å². The van der Waals surface area contributed by atoms with Crippen LogP contribution in [0.5, 0.6) is 0 Å². The first kappa shape index (κ1) is 22.9. The molecule has 0 bridgehead atoms. The molecule has 2 saturated heterocycles. The first-order valence-electron chi connectivity index (χ1n) is 13.6. The zero-order valence-corrected chi connectivity index (χ0v) is 21.0. The van der Waals surface area contributed by atoms with Crippen LogP contribution in [0.4, 0.5) is 0 Å². The number of nitrogens with one attached hydrogen (secondary N) is 2. The van der Waals surface area contributed by atoms with Crippen molar-refractivity contribution in [3.05, 3.63) is 51.7 Å². The van der Waals surface area contributed by atoms with Crippen LogP contribution in [0.2, 0.25) is 0 Å². The van der Waals surface area contributed by atoms with Crippen LogP contribution in [0.1, 0.15) is 73.5 Å². The molecule has 10 heteroatoms. The Kier molecular flexibility index (Phi) is 5.54. The number of fused-ring (bicyclic) bond motifs is 2. The van der Waals surface area contributed by atoms with Crippen molar-refractivity contribution >= 4 is 22.8 Å². The monoisotopic (exact) mass is 503 g/mol. The summed E-state index contributed by atoms with van der Waals surface area (Å²) in [6, 6.07) is 8.15. The molecule has 0 radical (unpaired) electrons. The molecule has 10 nitrogen and oxygen atoms in total. The first-order valence-corrected chi connectivity index (χ1v) is 13.6. The van der Waals surface area contributed by atoms with Crippen LogP contribution < -0.4 is 16.3 Å². The number of amides is 2. The first-order chi connectivity index (χ1) is 18.0. The van der Waals surface area contributed by atoms with Gasteiger partial charge in [0.2, 0.25) is 11.8 Å². The van der Waals surface area contributed by atoms with Crippen LogP contribution in [0.15, 0.2) is 29.1 Å². The Morgan fingerprint density at radius 3 is 2.51 bits per heavy atom. The number of piperidine rings is 2. The van der Waals surface area contributed by atoms with Gasteiger partial charge in [0, 0.05) is 32.1 Å². The van der Waals surface area contributed by atoms with E-state index in [-0.39, 0.29) is 30.0 Å². The number of hydrogen-bond donors (Lipinski definition) is 2. The summed E-state index contributed by atoms with van der Waals surface area (Å²) >= 11 is 0. The molecule has 5 heterocycles. The maximum absolute atomic E-state index is 13.5. The van der Waals surface area contributed by atoms with E-state index in [1.807, 2.05) is 10.6 Å². The normalized spacial score (nSPS) is 23.4. The molecule has 3 fully saturated rings. The van der Waals surface area contributed by atoms with E-state index in [0.717, 1.165) is 81.7 Å². The average Bonchev–Trinajstić information content (AvgIpc) is 3.58. The highest BCUT2D eigenvalue weighted by Crippen LogP contribution is 2.38. The van der Waals surface area contributed by atoms with Crippen molar-refractivity contribution in [1.29, 1.82) is 0 Å².